The molecule has 0 saturated carbocycles. The summed E-state index contributed by atoms with van der Waals surface area (Å²) in [7, 11) is 2.57. The normalized spacial score (nSPS) is 11.8. The topological polar surface area (TPSA) is 137 Å². The Morgan fingerprint density at radius 2 is 1.89 bits per heavy atom. The number of H-pyrrole nitrogens is 1. The van der Waals surface area contributed by atoms with Crippen molar-refractivity contribution in [1.29, 1.82) is 0 Å². The molecule has 37 heavy (non-hydrogen) atoms. The monoisotopic (exact) mass is 505 g/mol. The van der Waals surface area contributed by atoms with Crippen LogP contribution in [0.4, 0.5) is 0 Å². The van der Waals surface area contributed by atoms with Gasteiger partial charge >= 0.3 is 11.9 Å². The molecule has 1 aromatic carbocycles. The van der Waals surface area contributed by atoms with Crippen molar-refractivity contribution in [2.75, 3.05) is 14.2 Å². The summed E-state index contributed by atoms with van der Waals surface area (Å²) in [5, 5.41) is 10.8. The standard InChI is InChI=1S/C27H27N3O7/c1-16-12-21(31)25(26(33)30(16)11-10-19-14-28-15-29-19)20(13-24(32)35-2)23-9-8-22(37-23)17-4-6-18(7-5-17)27(34)36-3/h4-9,12,14-15,20,31H,10-11,13H2,1-3H3,(H,28,29)/t20-/m1/s1. The Kier molecular flexibility index (Phi) is 7.57. The predicted octanol–water partition coefficient (Wildman–Crippen LogP) is 3.57. The second-order valence-electron chi connectivity index (χ2n) is 8.47. The molecule has 0 spiro atoms. The first-order chi connectivity index (χ1) is 17.8. The van der Waals surface area contributed by atoms with E-state index in [1.54, 1.807) is 60.4 Å². The van der Waals surface area contributed by atoms with E-state index in [0.717, 1.165) is 5.69 Å². The van der Waals surface area contributed by atoms with Gasteiger partial charge in [-0.15, -0.1) is 0 Å². The molecule has 0 saturated heterocycles. The van der Waals surface area contributed by atoms with Crippen molar-refractivity contribution < 1.29 is 28.6 Å². The van der Waals surface area contributed by atoms with Gasteiger partial charge in [0, 0.05) is 36.1 Å². The van der Waals surface area contributed by atoms with E-state index in [4.69, 9.17) is 13.9 Å². The van der Waals surface area contributed by atoms with Crippen LogP contribution in [0.5, 0.6) is 5.75 Å². The zero-order valence-electron chi connectivity index (χ0n) is 20.7. The fraction of sp³-hybridized carbons (Fsp3) is 0.259. The first-order valence-electron chi connectivity index (χ1n) is 11.6. The Bertz CT molecular complexity index is 1450. The lowest BCUT2D eigenvalue weighted by atomic mass is 9.93. The maximum absolute atomic E-state index is 13.6. The van der Waals surface area contributed by atoms with Gasteiger partial charge < -0.3 is 28.5 Å². The van der Waals surface area contributed by atoms with Gasteiger partial charge in [-0.05, 0) is 37.3 Å². The second-order valence-corrected chi connectivity index (χ2v) is 8.47. The number of esters is 2. The van der Waals surface area contributed by atoms with Crippen molar-refractivity contribution in [3.8, 4) is 17.1 Å². The van der Waals surface area contributed by atoms with Crippen LogP contribution < -0.4 is 5.56 Å². The molecule has 10 heteroatoms. The van der Waals surface area contributed by atoms with Crippen molar-refractivity contribution in [3.63, 3.8) is 0 Å². The zero-order valence-corrected chi connectivity index (χ0v) is 20.7. The van der Waals surface area contributed by atoms with Gasteiger partial charge in [0.25, 0.3) is 5.56 Å². The minimum atomic E-state index is -0.887. The Morgan fingerprint density at radius 3 is 2.54 bits per heavy atom. The largest absolute Gasteiger partial charge is 0.507 e. The van der Waals surface area contributed by atoms with Gasteiger partial charge in [-0.25, -0.2) is 9.78 Å². The number of aromatic amines is 1. The fourth-order valence-corrected chi connectivity index (χ4v) is 4.21. The number of aromatic nitrogens is 3. The molecule has 4 aromatic rings. The van der Waals surface area contributed by atoms with Gasteiger partial charge in [0.15, 0.2) is 0 Å². The van der Waals surface area contributed by atoms with Crippen molar-refractivity contribution in [2.24, 2.45) is 0 Å². The number of aryl methyl sites for hydroxylation is 2. The molecule has 4 rings (SSSR count). The minimum Gasteiger partial charge on any atom is -0.507 e. The fourth-order valence-electron chi connectivity index (χ4n) is 4.21. The van der Waals surface area contributed by atoms with E-state index in [1.807, 2.05) is 0 Å². The number of carbonyl (C=O) groups is 2. The van der Waals surface area contributed by atoms with Crippen LogP contribution in [0.2, 0.25) is 0 Å². The molecule has 3 heterocycles. The number of aromatic hydroxyl groups is 1. The number of imidazole rings is 1. The molecule has 1 atom stereocenters. The summed E-state index contributed by atoms with van der Waals surface area (Å²) in [4.78, 5) is 44.6. The molecule has 0 aliphatic carbocycles. The van der Waals surface area contributed by atoms with E-state index in [1.165, 1.54) is 20.3 Å². The molecule has 10 nitrogen and oxygen atoms in total. The number of furan rings is 1. The number of hydrogen-bond acceptors (Lipinski definition) is 8. The van der Waals surface area contributed by atoms with Crippen molar-refractivity contribution >= 4 is 11.9 Å². The number of nitrogens with zero attached hydrogens (tertiary/aromatic N) is 2. The third kappa shape index (κ3) is 5.48. The molecule has 0 bridgehead atoms. The number of benzene rings is 1. The lowest BCUT2D eigenvalue weighted by Gasteiger charge is -2.18. The Balaban J connectivity index is 1.72. The summed E-state index contributed by atoms with van der Waals surface area (Å²) in [6, 6.07) is 11.5. The van der Waals surface area contributed by atoms with Crippen LogP contribution in [0.15, 0.2) is 64.2 Å². The average molecular weight is 506 g/mol. The number of hydrogen-bond donors (Lipinski definition) is 2. The smallest absolute Gasteiger partial charge is 0.337 e. The maximum atomic E-state index is 13.6. The summed E-state index contributed by atoms with van der Waals surface area (Å²) in [5.74, 6) is -1.35. The number of methoxy groups -OCH3 is 2. The average Bonchev–Trinajstić information content (AvgIpc) is 3.60. The molecule has 0 aliphatic heterocycles. The Morgan fingerprint density at radius 1 is 1.14 bits per heavy atom. The van der Waals surface area contributed by atoms with Gasteiger partial charge in [-0.3, -0.25) is 9.59 Å². The zero-order chi connectivity index (χ0) is 26.5. The van der Waals surface area contributed by atoms with Crippen LogP contribution in [0, 0.1) is 6.92 Å². The molecular weight excluding hydrogens is 478 g/mol. The van der Waals surface area contributed by atoms with Crippen LogP contribution in [0.1, 0.15) is 45.4 Å². The predicted molar refractivity (Wildman–Crippen MR) is 133 cm³/mol. The molecule has 3 aromatic heterocycles. The molecule has 0 unspecified atom stereocenters. The summed E-state index contributed by atoms with van der Waals surface area (Å²) in [5.41, 5.74) is 2.13. The molecule has 2 N–H and O–H groups in total. The minimum absolute atomic E-state index is 0.0440. The van der Waals surface area contributed by atoms with E-state index < -0.39 is 23.4 Å². The van der Waals surface area contributed by atoms with Crippen molar-refractivity contribution in [1.82, 2.24) is 14.5 Å². The highest BCUT2D eigenvalue weighted by molar-refractivity contribution is 5.89. The van der Waals surface area contributed by atoms with Crippen LogP contribution in [-0.4, -0.2) is 45.8 Å². The molecule has 0 amide bonds. The quantitative estimate of drug-likeness (QED) is 0.330. The third-order valence-corrected chi connectivity index (χ3v) is 6.19. The van der Waals surface area contributed by atoms with E-state index in [2.05, 4.69) is 9.97 Å². The first-order valence-corrected chi connectivity index (χ1v) is 11.6. The third-order valence-electron chi connectivity index (χ3n) is 6.19. The van der Waals surface area contributed by atoms with Gasteiger partial charge in [0.2, 0.25) is 0 Å². The van der Waals surface area contributed by atoms with E-state index >= 15 is 0 Å². The van der Waals surface area contributed by atoms with E-state index in [0.29, 0.717) is 41.3 Å². The van der Waals surface area contributed by atoms with Crippen molar-refractivity contribution in [3.05, 3.63) is 93.6 Å². The highest BCUT2D eigenvalue weighted by Crippen LogP contribution is 2.35. The van der Waals surface area contributed by atoms with Gasteiger partial charge in [-0.2, -0.15) is 0 Å². The first kappa shape index (κ1) is 25.5. The van der Waals surface area contributed by atoms with Gasteiger partial charge in [0.05, 0.1) is 44.0 Å². The maximum Gasteiger partial charge on any atom is 0.337 e. The van der Waals surface area contributed by atoms with Crippen molar-refractivity contribution in [2.45, 2.75) is 32.2 Å². The summed E-state index contributed by atoms with van der Waals surface area (Å²) in [6.07, 6.45) is 3.57. The number of rotatable bonds is 9. The summed E-state index contributed by atoms with van der Waals surface area (Å²) in [6.45, 7) is 2.08. The molecular formula is C27H27N3O7. The SMILES string of the molecule is COC(=O)C[C@H](c1ccc(-c2ccc(C(=O)OC)cc2)o1)c1c(O)cc(C)n(CCc2cnc[nH]2)c1=O. The molecule has 0 fully saturated rings. The van der Waals surface area contributed by atoms with Crippen LogP contribution in [0.3, 0.4) is 0 Å². The van der Waals surface area contributed by atoms with Crippen LogP contribution in [0.25, 0.3) is 11.3 Å². The Hall–Kier alpha value is -4.60. The van der Waals surface area contributed by atoms with E-state index in [9.17, 15) is 19.5 Å². The lowest BCUT2D eigenvalue weighted by Crippen LogP contribution is -2.29. The summed E-state index contributed by atoms with van der Waals surface area (Å²) >= 11 is 0. The van der Waals surface area contributed by atoms with Gasteiger partial charge in [-0.1, -0.05) is 12.1 Å². The summed E-state index contributed by atoms with van der Waals surface area (Å²) < 4.78 is 17.2. The molecule has 0 aliphatic rings. The Labute approximate surface area is 212 Å². The van der Waals surface area contributed by atoms with Gasteiger partial charge in [0.1, 0.15) is 17.3 Å². The number of pyridine rings is 1. The second kappa shape index (κ2) is 11.0. The van der Waals surface area contributed by atoms with E-state index in [-0.39, 0.29) is 17.7 Å². The van der Waals surface area contributed by atoms with Crippen LogP contribution in [-0.2, 0) is 27.2 Å². The number of carbonyl (C=O) groups excluding carboxylic acids is 2. The number of nitrogens with one attached hydrogen (secondary N) is 1. The highest BCUT2D eigenvalue weighted by Gasteiger charge is 2.29. The highest BCUT2D eigenvalue weighted by atomic mass is 16.5. The number of ether oxygens (including phenoxy) is 2. The van der Waals surface area contributed by atoms with Crippen LogP contribution >= 0.6 is 0 Å². The molecule has 192 valence electrons. The molecule has 0 radical (unpaired) electrons. The lowest BCUT2D eigenvalue weighted by molar-refractivity contribution is -0.140.